The number of hydrogen-bond donors (Lipinski definition) is 1. The molecule has 2 atom stereocenters. The minimum Gasteiger partial charge on any atom is -0.326 e. The average Bonchev–Trinajstić information content (AvgIpc) is 2.76. The van der Waals surface area contributed by atoms with Gasteiger partial charge in [0.25, 0.3) is 0 Å². The predicted octanol–water partition coefficient (Wildman–Crippen LogP) is 5.98. The molecular formula is C28H26N2O. The third-order valence-corrected chi connectivity index (χ3v) is 6.52. The molecule has 0 spiro atoms. The summed E-state index contributed by atoms with van der Waals surface area (Å²) < 4.78 is 0. The van der Waals surface area contributed by atoms with E-state index in [1.807, 2.05) is 18.4 Å². The van der Waals surface area contributed by atoms with Gasteiger partial charge in [0, 0.05) is 35.9 Å². The molecule has 2 aliphatic rings. The summed E-state index contributed by atoms with van der Waals surface area (Å²) in [5.74, 6) is 0.283. The van der Waals surface area contributed by atoms with Gasteiger partial charge in [-0.15, -0.1) is 0 Å². The number of aliphatic imine (C=N–C) groups is 1. The number of hydrogen-bond acceptors (Lipinski definition) is 2. The van der Waals surface area contributed by atoms with Gasteiger partial charge in [-0.1, -0.05) is 60.2 Å². The maximum Gasteiger partial charge on any atom is 0.248 e. The fourth-order valence-corrected chi connectivity index (χ4v) is 5.29. The summed E-state index contributed by atoms with van der Waals surface area (Å²) >= 11 is 0. The van der Waals surface area contributed by atoms with Crippen LogP contribution in [0.25, 0.3) is 16.8 Å². The lowest BCUT2D eigenvalue weighted by Crippen LogP contribution is -2.40. The summed E-state index contributed by atoms with van der Waals surface area (Å²) in [6, 6.07) is 18.5. The van der Waals surface area contributed by atoms with Crippen LogP contribution in [-0.2, 0) is 12.0 Å². The molecule has 31 heavy (non-hydrogen) atoms. The number of rotatable bonds is 3. The van der Waals surface area contributed by atoms with Gasteiger partial charge >= 0.3 is 0 Å². The third kappa shape index (κ3) is 3.40. The Labute approximate surface area is 182 Å². The van der Waals surface area contributed by atoms with Crippen LogP contribution in [0.15, 0.2) is 93.8 Å². The van der Waals surface area contributed by atoms with E-state index in [0.29, 0.717) is 0 Å². The summed E-state index contributed by atoms with van der Waals surface area (Å²) in [5.41, 5.74) is 5.48. The van der Waals surface area contributed by atoms with Crippen molar-refractivity contribution in [2.75, 3.05) is 0 Å². The average molecular weight is 407 g/mol. The van der Waals surface area contributed by atoms with Crippen LogP contribution in [0.4, 0.5) is 0 Å². The Morgan fingerprint density at radius 2 is 1.94 bits per heavy atom. The summed E-state index contributed by atoms with van der Waals surface area (Å²) in [7, 11) is 0. The first-order valence-electron chi connectivity index (χ1n) is 10.9. The lowest BCUT2D eigenvalue weighted by molar-refractivity contribution is 0.413. The number of aromatic amines is 1. The van der Waals surface area contributed by atoms with Crippen molar-refractivity contribution in [2.24, 2.45) is 10.9 Å². The second-order valence-electron chi connectivity index (χ2n) is 8.56. The van der Waals surface area contributed by atoms with Crippen molar-refractivity contribution in [1.29, 1.82) is 0 Å². The quantitative estimate of drug-likeness (QED) is 0.422. The molecule has 0 amide bonds. The SMILES string of the molecule is C/C=C1\[C@H]2C=C(C)C[C@]1(/N=C/C=C/c1ccc3ccccc3c1)c1ccc(=O)[nH]c1C2. The molecular weight excluding hydrogens is 380 g/mol. The lowest BCUT2D eigenvalue weighted by atomic mass is 9.63. The zero-order chi connectivity index (χ0) is 21.4. The largest absolute Gasteiger partial charge is 0.326 e. The smallest absolute Gasteiger partial charge is 0.248 e. The lowest BCUT2D eigenvalue weighted by Gasteiger charge is -2.45. The molecule has 3 nitrogen and oxygen atoms in total. The first kappa shape index (κ1) is 19.5. The highest BCUT2D eigenvalue weighted by atomic mass is 16.1. The Balaban J connectivity index is 1.53. The maximum atomic E-state index is 12.0. The predicted molar refractivity (Wildman–Crippen MR) is 130 cm³/mol. The van der Waals surface area contributed by atoms with E-state index in [1.165, 1.54) is 21.9 Å². The topological polar surface area (TPSA) is 45.2 Å². The van der Waals surface area contributed by atoms with Crippen LogP contribution in [0.5, 0.6) is 0 Å². The van der Waals surface area contributed by atoms with Gasteiger partial charge in [0.15, 0.2) is 0 Å². The van der Waals surface area contributed by atoms with Crippen LogP contribution in [0.3, 0.4) is 0 Å². The minimum absolute atomic E-state index is 0.0446. The van der Waals surface area contributed by atoms with Crippen molar-refractivity contribution in [3.63, 3.8) is 0 Å². The van der Waals surface area contributed by atoms with E-state index in [0.717, 1.165) is 29.7 Å². The number of H-pyrrole nitrogens is 1. The molecule has 0 radical (unpaired) electrons. The molecule has 5 rings (SSSR count). The standard InChI is InChI=1S/C28H26N2O/c1-3-24-23-15-19(2)18-28(24,25-12-13-27(31)30-26(25)17-23)29-14-6-7-20-10-11-21-8-4-5-9-22(21)16-20/h3-16,23H,17-18H2,1-2H3,(H,30,31)/b7-6+,24-3+,29-14+/t23-,28+/m0/s1. The van der Waals surface area contributed by atoms with Gasteiger partial charge in [0.2, 0.25) is 5.56 Å². The number of nitrogens with zero attached hydrogens (tertiary/aromatic N) is 1. The summed E-state index contributed by atoms with van der Waals surface area (Å²) in [6.45, 7) is 4.29. The van der Waals surface area contributed by atoms with Gasteiger partial charge in [-0.25, -0.2) is 0 Å². The first-order chi connectivity index (χ1) is 15.1. The van der Waals surface area contributed by atoms with Crippen molar-refractivity contribution in [1.82, 2.24) is 4.98 Å². The molecule has 0 aliphatic heterocycles. The van der Waals surface area contributed by atoms with Gasteiger partial charge in [0.1, 0.15) is 5.54 Å². The van der Waals surface area contributed by atoms with Gasteiger partial charge in [-0.2, -0.15) is 0 Å². The van der Waals surface area contributed by atoms with Crippen LogP contribution < -0.4 is 5.56 Å². The van der Waals surface area contributed by atoms with Crippen LogP contribution in [0.2, 0.25) is 0 Å². The van der Waals surface area contributed by atoms with Gasteiger partial charge in [-0.05, 0) is 60.4 Å². The number of aromatic nitrogens is 1. The van der Waals surface area contributed by atoms with Crippen molar-refractivity contribution in [2.45, 2.75) is 32.2 Å². The second kappa shape index (κ2) is 7.66. The monoisotopic (exact) mass is 406 g/mol. The number of allylic oxidation sites excluding steroid dienone is 3. The van der Waals surface area contributed by atoms with Gasteiger partial charge < -0.3 is 4.98 Å². The highest BCUT2D eigenvalue weighted by molar-refractivity contribution is 5.86. The Bertz CT molecular complexity index is 1340. The Morgan fingerprint density at radius 1 is 1.10 bits per heavy atom. The maximum absolute atomic E-state index is 12.0. The summed E-state index contributed by atoms with van der Waals surface area (Å²) in [5, 5.41) is 2.48. The summed E-state index contributed by atoms with van der Waals surface area (Å²) in [6.07, 6.45) is 12.3. The van der Waals surface area contributed by atoms with Crippen molar-refractivity contribution < 1.29 is 0 Å². The molecule has 154 valence electrons. The van der Waals surface area contributed by atoms with E-state index in [4.69, 9.17) is 4.99 Å². The zero-order valence-corrected chi connectivity index (χ0v) is 17.9. The van der Waals surface area contributed by atoms with Crippen molar-refractivity contribution in [3.8, 4) is 0 Å². The van der Waals surface area contributed by atoms with Crippen LogP contribution in [0.1, 0.15) is 37.1 Å². The molecule has 0 unspecified atom stereocenters. The molecule has 0 saturated carbocycles. The molecule has 2 bridgehead atoms. The Kier molecular flexibility index (Phi) is 4.82. The Hall–Kier alpha value is -3.46. The van der Waals surface area contributed by atoms with E-state index < -0.39 is 5.54 Å². The van der Waals surface area contributed by atoms with Crippen LogP contribution in [-0.4, -0.2) is 11.2 Å². The third-order valence-electron chi connectivity index (χ3n) is 6.52. The number of pyridine rings is 1. The van der Waals surface area contributed by atoms with Crippen LogP contribution >= 0.6 is 0 Å². The highest BCUT2D eigenvalue weighted by Crippen LogP contribution is 2.51. The molecule has 1 aromatic heterocycles. The molecule has 1 N–H and O–H groups in total. The molecule has 0 saturated heterocycles. The molecule has 2 aromatic carbocycles. The van der Waals surface area contributed by atoms with Gasteiger partial charge in [0.05, 0.1) is 0 Å². The number of benzene rings is 2. The van der Waals surface area contributed by atoms with E-state index in [1.54, 1.807) is 6.07 Å². The zero-order valence-electron chi connectivity index (χ0n) is 17.9. The number of nitrogens with one attached hydrogen (secondary N) is 1. The van der Waals surface area contributed by atoms with E-state index >= 15 is 0 Å². The molecule has 2 aliphatic carbocycles. The fourth-order valence-electron chi connectivity index (χ4n) is 5.29. The normalized spacial score (nSPS) is 24.1. The van der Waals surface area contributed by atoms with Crippen molar-refractivity contribution in [3.05, 3.63) is 111 Å². The van der Waals surface area contributed by atoms with E-state index in [-0.39, 0.29) is 11.5 Å². The highest BCUT2D eigenvalue weighted by Gasteiger charge is 2.46. The summed E-state index contributed by atoms with van der Waals surface area (Å²) in [4.78, 5) is 20.2. The molecule has 3 heteroatoms. The van der Waals surface area contributed by atoms with Gasteiger partial charge in [-0.3, -0.25) is 9.79 Å². The van der Waals surface area contributed by atoms with Crippen LogP contribution in [0, 0.1) is 5.92 Å². The fraction of sp³-hybridized carbons (Fsp3) is 0.214. The second-order valence-corrected chi connectivity index (χ2v) is 8.56. The minimum atomic E-state index is -0.441. The van der Waals surface area contributed by atoms with E-state index in [9.17, 15) is 4.79 Å². The molecule has 3 aromatic rings. The number of fused-ring (bicyclic) bond motifs is 5. The molecule has 1 heterocycles. The first-order valence-corrected chi connectivity index (χ1v) is 10.9. The Morgan fingerprint density at radius 3 is 2.77 bits per heavy atom. The molecule has 0 fully saturated rings. The van der Waals surface area contributed by atoms with E-state index in [2.05, 4.69) is 79.5 Å². The van der Waals surface area contributed by atoms with Crippen molar-refractivity contribution >= 4 is 23.1 Å².